The van der Waals surface area contributed by atoms with Crippen LogP contribution in [0.2, 0.25) is 0 Å². The third-order valence-corrected chi connectivity index (χ3v) is 3.03. The topological polar surface area (TPSA) is 52.5 Å². The molecule has 0 unspecified atom stereocenters. The lowest BCUT2D eigenvalue weighted by Crippen LogP contribution is -2.25. The van der Waals surface area contributed by atoms with Gasteiger partial charge in [0, 0.05) is 25.1 Å². The van der Waals surface area contributed by atoms with Crippen LogP contribution in [-0.2, 0) is 6.54 Å². The lowest BCUT2D eigenvalue weighted by Gasteiger charge is -2.12. The Hall–Kier alpha value is -1.06. The molecule has 1 aliphatic carbocycles. The number of phenolic OH excluding ortho intramolecular Hbond substituents is 1. The average Bonchev–Trinajstić information content (AvgIpc) is 2.99. The van der Waals surface area contributed by atoms with Crippen LogP contribution in [0.25, 0.3) is 0 Å². The van der Waals surface area contributed by atoms with Crippen LogP contribution in [0.15, 0.2) is 24.3 Å². The molecule has 1 saturated carbocycles. The summed E-state index contributed by atoms with van der Waals surface area (Å²) in [6.45, 7) is 1.88. The van der Waals surface area contributed by atoms with Gasteiger partial charge in [-0.15, -0.1) is 0 Å². The number of rotatable bonds is 5. The number of aliphatic hydroxyl groups excluding tert-OH is 1. The van der Waals surface area contributed by atoms with Gasteiger partial charge in [-0.3, -0.25) is 0 Å². The number of hydrogen-bond donors (Lipinski definition) is 3. The van der Waals surface area contributed by atoms with Gasteiger partial charge in [0.15, 0.2) is 0 Å². The molecule has 0 heterocycles. The molecule has 0 aromatic heterocycles. The summed E-state index contributed by atoms with van der Waals surface area (Å²) < 4.78 is 0. The number of hydrogen-bond acceptors (Lipinski definition) is 3. The monoisotopic (exact) mass is 207 g/mol. The highest BCUT2D eigenvalue weighted by Gasteiger charge is 2.41. The van der Waals surface area contributed by atoms with Gasteiger partial charge in [-0.2, -0.15) is 0 Å². The van der Waals surface area contributed by atoms with Crippen LogP contribution in [0, 0.1) is 5.41 Å². The Balaban J connectivity index is 1.78. The van der Waals surface area contributed by atoms with Gasteiger partial charge in [0.05, 0.1) is 0 Å². The highest BCUT2D eigenvalue weighted by atomic mass is 16.3. The first kappa shape index (κ1) is 10.5. The van der Waals surface area contributed by atoms with Crippen LogP contribution in [0.5, 0.6) is 5.75 Å². The standard InChI is InChI=1S/C12H17NO2/c14-9-12(4-5-12)8-13-7-10-2-1-3-11(15)6-10/h1-3,6,13-15H,4-5,7-9H2. The number of nitrogens with one attached hydrogen (secondary N) is 1. The highest BCUT2D eigenvalue weighted by Crippen LogP contribution is 2.44. The summed E-state index contributed by atoms with van der Waals surface area (Å²) in [6, 6.07) is 7.24. The molecule has 0 saturated heterocycles. The molecular weight excluding hydrogens is 190 g/mol. The van der Waals surface area contributed by atoms with E-state index in [2.05, 4.69) is 5.32 Å². The minimum atomic E-state index is 0.150. The van der Waals surface area contributed by atoms with E-state index < -0.39 is 0 Å². The minimum Gasteiger partial charge on any atom is -0.508 e. The SMILES string of the molecule is OCC1(CNCc2cccc(O)c2)CC1. The van der Waals surface area contributed by atoms with Crippen molar-refractivity contribution >= 4 is 0 Å². The summed E-state index contributed by atoms with van der Waals surface area (Å²) in [6.07, 6.45) is 2.24. The predicted octanol–water partition coefficient (Wildman–Crippen LogP) is 1.25. The minimum absolute atomic E-state index is 0.150. The first-order chi connectivity index (χ1) is 7.24. The van der Waals surface area contributed by atoms with Crippen LogP contribution >= 0.6 is 0 Å². The normalized spacial score (nSPS) is 17.7. The maximum Gasteiger partial charge on any atom is 0.115 e. The summed E-state index contributed by atoms with van der Waals surface area (Å²) >= 11 is 0. The molecule has 0 aliphatic heterocycles. The van der Waals surface area contributed by atoms with Gasteiger partial charge >= 0.3 is 0 Å². The van der Waals surface area contributed by atoms with Crippen molar-refractivity contribution < 1.29 is 10.2 Å². The van der Waals surface area contributed by atoms with Crippen molar-refractivity contribution in [3.05, 3.63) is 29.8 Å². The Kier molecular flexibility index (Phi) is 2.93. The van der Waals surface area contributed by atoms with Crippen molar-refractivity contribution in [3.63, 3.8) is 0 Å². The Bertz CT molecular complexity index is 334. The molecule has 3 N–H and O–H groups in total. The van der Waals surface area contributed by atoms with E-state index in [1.165, 1.54) is 0 Å². The van der Waals surface area contributed by atoms with Gasteiger partial charge in [0.1, 0.15) is 5.75 Å². The maximum absolute atomic E-state index is 9.26. The lowest BCUT2D eigenvalue weighted by atomic mass is 10.1. The van der Waals surface area contributed by atoms with Crippen LogP contribution < -0.4 is 5.32 Å². The molecule has 3 nitrogen and oxygen atoms in total. The van der Waals surface area contributed by atoms with E-state index in [0.29, 0.717) is 5.75 Å². The molecule has 15 heavy (non-hydrogen) atoms. The average molecular weight is 207 g/mol. The van der Waals surface area contributed by atoms with Crippen molar-refractivity contribution in [2.75, 3.05) is 13.2 Å². The van der Waals surface area contributed by atoms with Crippen LogP contribution in [-0.4, -0.2) is 23.4 Å². The van der Waals surface area contributed by atoms with E-state index in [0.717, 1.165) is 31.5 Å². The Labute approximate surface area is 89.8 Å². The van der Waals surface area contributed by atoms with Crippen LogP contribution in [0.3, 0.4) is 0 Å². The van der Waals surface area contributed by atoms with Gasteiger partial charge in [0.25, 0.3) is 0 Å². The highest BCUT2D eigenvalue weighted by molar-refractivity contribution is 5.26. The fourth-order valence-corrected chi connectivity index (χ4v) is 1.71. The zero-order valence-corrected chi connectivity index (χ0v) is 8.74. The van der Waals surface area contributed by atoms with E-state index in [9.17, 15) is 5.11 Å². The number of aromatic hydroxyl groups is 1. The Morgan fingerprint density at radius 2 is 2.13 bits per heavy atom. The molecule has 1 aliphatic rings. The first-order valence-electron chi connectivity index (χ1n) is 5.34. The molecule has 1 fully saturated rings. The molecule has 82 valence electrons. The van der Waals surface area contributed by atoms with E-state index >= 15 is 0 Å². The summed E-state index contributed by atoms with van der Waals surface area (Å²) in [5.74, 6) is 0.303. The van der Waals surface area contributed by atoms with E-state index in [1.54, 1.807) is 12.1 Å². The molecule has 2 rings (SSSR count). The van der Waals surface area contributed by atoms with Crippen LogP contribution in [0.4, 0.5) is 0 Å². The summed E-state index contributed by atoms with van der Waals surface area (Å²) in [5.41, 5.74) is 1.22. The van der Waals surface area contributed by atoms with Crippen molar-refractivity contribution in [3.8, 4) is 5.75 Å². The van der Waals surface area contributed by atoms with Crippen molar-refractivity contribution in [1.82, 2.24) is 5.32 Å². The second kappa shape index (κ2) is 4.21. The molecule has 1 aromatic rings. The van der Waals surface area contributed by atoms with Crippen LogP contribution in [0.1, 0.15) is 18.4 Å². The van der Waals surface area contributed by atoms with Gasteiger partial charge < -0.3 is 15.5 Å². The quantitative estimate of drug-likeness (QED) is 0.681. The lowest BCUT2D eigenvalue weighted by molar-refractivity contribution is 0.207. The molecule has 0 bridgehead atoms. The van der Waals surface area contributed by atoms with Gasteiger partial charge in [0.2, 0.25) is 0 Å². The maximum atomic E-state index is 9.26. The number of benzene rings is 1. The second-order valence-corrected chi connectivity index (χ2v) is 4.43. The third kappa shape index (κ3) is 2.70. The fourth-order valence-electron chi connectivity index (χ4n) is 1.71. The second-order valence-electron chi connectivity index (χ2n) is 4.43. The first-order valence-corrected chi connectivity index (χ1v) is 5.34. The molecule has 1 aromatic carbocycles. The van der Waals surface area contributed by atoms with Gasteiger partial charge in [-0.05, 0) is 30.5 Å². The summed E-state index contributed by atoms with van der Waals surface area (Å²) in [7, 11) is 0. The van der Waals surface area contributed by atoms with Crippen molar-refractivity contribution in [2.45, 2.75) is 19.4 Å². The largest absolute Gasteiger partial charge is 0.508 e. The molecule has 0 spiro atoms. The Morgan fingerprint density at radius 3 is 2.73 bits per heavy atom. The Morgan fingerprint density at radius 1 is 1.33 bits per heavy atom. The van der Waals surface area contributed by atoms with E-state index in [1.807, 2.05) is 12.1 Å². The van der Waals surface area contributed by atoms with Gasteiger partial charge in [-0.1, -0.05) is 12.1 Å². The number of phenols is 1. The summed E-state index contributed by atoms with van der Waals surface area (Å²) in [5, 5.41) is 21.7. The summed E-state index contributed by atoms with van der Waals surface area (Å²) in [4.78, 5) is 0. The van der Waals surface area contributed by atoms with E-state index in [4.69, 9.17) is 5.11 Å². The zero-order valence-electron chi connectivity index (χ0n) is 8.74. The van der Waals surface area contributed by atoms with E-state index in [-0.39, 0.29) is 12.0 Å². The van der Waals surface area contributed by atoms with Crippen molar-refractivity contribution in [1.29, 1.82) is 0 Å². The molecule has 0 radical (unpaired) electrons. The molecule has 0 atom stereocenters. The molecule has 3 heteroatoms. The number of aliphatic hydroxyl groups is 1. The third-order valence-electron chi connectivity index (χ3n) is 3.03. The predicted molar refractivity (Wildman–Crippen MR) is 58.6 cm³/mol. The van der Waals surface area contributed by atoms with Gasteiger partial charge in [-0.25, -0.2) is 0 Å². The smallest absolute Gasteiger partial charge is 0.115 e. The van der Waals surface area contributed by atoms with Crippen molar-refractivity contribution in [2.24, 2.45) is 5.41 Å². The fraction of sp³-hybridized carbons (Fsp3) is 0.500. The molecular formula is C12H17NO2. The zero-order chi connectivity index (χ0) is 10.7. The molecule has 0 amide bonds.